The summed E-state index contributed by atoms with van der Waals surface area (Å²) in [7, 11) is 0. The zero-order valence-electron chi connectivity index (χ0n) is 21.1. The first-order chi connectivity index (χ1) is 19.3. The quantitative estimate of drug-likeness (QED) is 0.282. The topological polar surface area (TPSA) is 103 Å². The van der Waals surface area contributed by atoms with Crippen molar-refractivity contribution in [2.45, 2.75) is 13.5 Å². The second kappa shape index (κ2) is 12.1. The Morgan fingerprint density at radius 2 is 1.80 bits per heavy atom. The van der Waals surface area contributed by atoms with Gasteiger partial charge in [0.1, 0.15) is 0 Å². The number of hydrogen-bond acceptors (Lipinski definition) is 8. The molecule has 0 unspecified atom stereocenters. The standard InChI is InChI=1S/C28H22Cl2N2O7S/c1-2-36-23-9-16(8-20(30)26(23)37-14-25(33)31-18-6-4-3-5-7-18)10-24-27(34)32(28(35)40-24)13-17-11-21-22(12-19(17)29)39-15-38-21/h3-12H,2,13-15H2,1H3,(H,31,33)/b24-10-. The van der Waals surface area contributed by atoms with Gasteiger partial charge in [0.05, 0.1) is 23.1 Å². The van der Waals surface area contributed by atoms with Crippen molar-refractivity contribution in [3.63, 3.8) is 0 Å². The maximum absolute atomic E-state index is 13.1. The summed E-state index contributed by atoms with van der Waals surface area (Å²) in [6, 6.07) is 15.4. The van der Waals surface area contributed by atoms with Crippen molar-refractivity contribution in [1.29, 1.82) is 0 Å². The molecule has 1 saturated heterocycles. The first-order valence-corrected chi connectivity index (χ1v) is 13.7. The first kappa shape index (κ1) is 27.7. The van der Waals surface area contributed by atoms with Crippen molar-refractivity contribution in [3.8, 4) is 23.0 Å². The average Bonchev–Trinajstić information content (AvgIpc) is 3.48. The molecule has 40 heavy (non-hydrogen) atoms. The molecule has 2 heterocycles. The van der Waals surface area contributed by atoms with Gasteiger partial charge in [-0.2, -0.15) is 0 Å². The molecule has 0 saturated carbocycles. The summed E-state index contributed by atoms with van der Waals surface area (Å²) in [6.07, 6.45) is 1.55. The van der Waals surface area contributed by atoms with Crippen LogP contribution in [0.25, 0.3) is 6.08 Å². The van der Waals surface area contributed by atoms with Crippen LogP contribution in [-0.2, 0) is 16.1 Å². The Balaban J connectivity index is 1.31. The predicted molar refractivity (Wildman–Crippen MR) is 152 cm³/mol. The van der Waals surface area contributed by atoms with E-state index in [4.69, 9.17) is 42.1 Å². The Morgan fingerprint density at radius 3 is 2.55 bits per heavy atom. The van der Waals surface area contributed by atoms with E-state index in [1.165, 1.54) is 0 Å². The van der Waals surface area contributed by atoms with Crippen LogP contribution in [0.1, 0.15) is 18.1 Å². The molecule has 206 valence electrons. The Bertz CT molecular complexity index is 1510. The van der Waals surface area contributed by atoms with Gasteiger partial charge in [-0.15, -0.1) is 0 Å². The highest BCUT2D eigenvalue weighted by atomic mass is 35.5. The third kappa shape index (κ3) is 6.14. The van der Waals surface area contributed by atoms with Crippen molar-refractivity contribution >= 4 is 63.8 Å². The van der Waals surface area contributed by atoms with Crippen LogP contribution in [0, 0.1) is 0 Å². The van der Waals surface area contributed by atoms with Gasteiger partial charge in [-0.3, -0.25) is 19.3 Å². The number of hydrogen-bond donors (Lipinski definition) is 1. The van der Waals surface area contributed by atoms with Crippen LogP contribution in [-0.4, -0.2) is 42.0 Å². The molecule has 0 atom stereocenters. The Hall–Kier alpha value is -3.86. The van der Waals surface area contributed by atoms with Crippen LogP contribution in [0.5, 0.6) is 23.0 Å². The molecule has 5 rings (SSSR count). The second-order valence-corrected chi connectivity index (χ2v) is 10.3. The van der Waals surface area contributed by atoms with E-state index in [1.807, 2.05) is 6.07 Å². The summed E-state index contributed by atoms with van der Waals surface area (Å²) in [5.74, 6) is 0.643. The summed E-state index contributed by atoms with van der Waals surface area (Å²) in [5.41, 5.74) is 1.70. The molecule has 2 aliphatic heterocycles. The summed E-state index contributed by atoms with van der Waals surface area (Å²) in [6.45, 7) is 1.85. The van der Waals surface area contributed by atoms with Gasteiger partial charge in [0.25, 0.3) is 17.1 Å². The van der Waals surface area contributed by atoms with Gasteiger partial charge in [0.2, 0.25) is 6.79 Å². The number of anilines is 1. The van der Waals surface area contributed by atoms with Gasteiger partial charge in [-0.25, -0.2) is 0 Å². The van der Waals surface area contributed by atoms with Crippen molar-refractivity contribution in [1.82, 2.24) is 4.90 Å². The van der Waals surface area contributed by atoms with Gasteiger partial charge >= 0.3 is 0 Å². The monoisotopic (exact) mass is 600 g/mol. The van der Waals surface area contributed by atoms with Gasteiger partial charge in [0, 0.05) is 16.8 Å². The van der Waals surface area contributed by atoms with E-state index in [0.717, 1.165) is 16.7 Å². The van der Waals surface area contributed by atoms with E-state index in [0.29, 0.717) is 45.7 Å². The second-order valence-electron chi connectivity index (χ2n) is 8.53. The van der Waals surface area contributed by atoms with Crippen LogP contribution >= 0.6 is 35.0 Å². The van der Waals surface area contributed by atoms with Crippen LogP contribution in [0.15, 0.2) is 59.5 Å². The fourth-order valence-corrected chi connectivity index (χ4v) is 5.29. The van der Waals surface area contributed by atoms with Gasteiger partial charge in [-0.1, -0.05) is 41.4 Å². The Morgan fingerprint density at radius 1 is 1.05 bits per heavy atom. The highest BCUT2D eigenvalue weighted by molar-refractivity contribution is 8.18. The lowest BCUT2D eigenvalue weighted by atomic mass is 10.1. The number of halogens is 2. The van der Waals surface area contributed by atoms with E-state index < -0.39 is 11.1 Å². The number of amides is 3. The molecule has 3 aromatic rings. The number of carbonyl (C=O) groups is 3. The van der Waals surface area contributed by atoms with E-state index in [2.05, 4.69) is 5.32 Å². The molecular formula is C28H22Cl2N2O7S. The van der Waals surface area contributed by atoms with Gasteiger partial charge < -0.3 is 24.3 Å². The number of imide groups is 1. The average molecular weight is 601 g/mol. The van der Waals surface area contributed by atoms with Crippen molar-refractivity contribution in [3.05, 3.63) is 80.7 Å². The Labute approximate surface area is 243 Å². The van der Waals surface area contributed by atoms with Crippen LogP contribution < -0.4 is 24.3 Å². The number of nitrogens with zero attached hydrogens (tertiary/aromatic N) is 1. The van der Waals surface area contributed by atoms with Gasteiger partial charge in [0.15, 0.2) is 29.6 Å². The molecule has 9 nitrogen and oxygen atoms in total. The molecule has 0 aliphatic carbocycles. The molecule has 2 aliphatic rings. The summed E-state index contributed by atoms with van der Waals surface area (Å²) in [5, 5.41) is 2.83. The first-order valence-electron chi connectivity index (χ1n) is 12.1. The molecule has 1 N–H and O–H groups in total. The maximum atomic E-state index is 13.1. The molecule has 0 radical (unpaired) electrons. The van der Waals surface area contributed by atoms with E-state index in [1.54, 1.807) is 61.5 Å². The highest BCUT2D eigenvalue weighted by Crippen LogP contribution is 2.41. The summed E-state index contributed by atoms with van der Waals surface area (Å²) >= 11 is 13.6. The number of thioether (sulfide) groups is 1. The summed E-state index contributed by atoms with van der Waals surface area (Å²) in [4.78, 5) is 39.5. The minimum Gasteiger partial charge on any atom is -0.490 e. The molecule has 0 spiro atoms. The number of ether oxygens (including phenoxy) is 4. The molecule has 0 aromatic heterocycles. The number of benzene rings is 3. The zero-order valence-corrected chi connectivity index (χ0v) is 23.4. The minimum atomic E-state index is -0.476. The molecule has 0 bridgehead atoms. The highest BCUT2D eigenvalue weighted by Gasteiger charge is 2.36. The number of rotatable bonds is 9. The van der Waals surface area contributed by atoms with Crippen LogP contribution in [0.3, 0.4) is 0 Å². The number of para-hydroxylation sites is 1. The van der Waals surface area contributed by atoms with E-state index in [-0.39, 0.29) is 41.5 Å². The van der Waals surface area contributed by atoms with Crippen LogP contribution in [0.4, 0.5) is 10.5 Å². The van der Waals surface area contributed by atoms with Gasteiger partial charge in [-0.05, 0) is 66.2 Å². The SMILES string of the molecule is CCOc1cc(/C=C2\SC(=O)N(Cc3cc4c(cc3Cl)OCO4)C2=O)cc(Cl)c1OCC(=O)Nc1ccccc1. The summed E-state index contributed by atoms with van der Waals surface area (Å²) < 4.78 is 22.1. The minimum absolute atomic E-state index is 0.0275. The predicted octanol–water partition coefficient (Wildman–Crippen LogP) is 6.37. The fraction of sp³-hybridized carbons (Fsp3) is 0.179. The fourth-order valence-electron chi connectivity index (χ4n) is 3.97. The Kier molecular flexibility index (Phi) is 8.39. The molecule has 1 fully saturated rings. The van der Waals surface area contributed by atoms with E-state index in [9.17, 15) is 14.4 Å². The lowest BCUT2D eigenvalue weighted by molar-refractivity contribution is -0.123. The molecular weight excluding hydrogens is 579 g/mol. The largest absolute Gasteiger partial charge is 0.490 e. The number of carbonyl (C=O) groups excluding carboxylic acids is 3. The lowest BCUT2D eigenvalue weighted by Crippen LogP contribution is -2.27. The molecule has 3 aromatic carbocycles. The van der Waals surface area contributed by atoms with Crippen molar-refractivity contribution in [2.75, 3.05) is 25.3 Å². The molecule has 12 heteroatoms. The number of fused-ring (bicyclic) bond motifs is 1. The van der Waals surface area contributed by atoms with Crippen molar-refractivity contribution in [2.24, 2.45) is 0 Å². The third-order valence-corrected chi connectivity index (χ3v) is 7.32. The third-order valence-electron chi connectivity index (χ3n) is 5.78. The lowest BCUT2D eigenvalue weighted by Gasteiger charge is -2.15. The normalized spacial score (nSPS) is 15.1. The van der Waals surface area contributed by atoms with Crippen molar-refractivity contribution < 1.29 is 33.3 Å². The smallest absolute Gasteiger partial charge is 0.293 e. The zero-order chi connectivity index (χ0) is 28.2. The maximum Gasteiger partial charge on any atom is 0.293 e. The van der Waals surface area contributed by atoms with E-state index >= 15 is 0 Å². The number of nitrogens with one attached hydrogen (secondary N) is 1. The molecule has 3 amide bonds. The van der Waals surface area contributed by atoms with Crippen LogP contribution in [0.2, 0.25) is 10.0 Å².